The number of hydrogen-bond donors (Lipinski definition) is 1. The van der Waals surface area contributed by atoms with Crippen molar-refractivity contribution >= 4 is 5.91 Å². The van der Waals surface area contributed by atoms with Crippen LogP contribution in [0.2, 0.25) is 0 Å². The number of nitrogens with one attached hydrogen (secondary N) is 1. The molecule has 2 rings (SSSR count). The zero-order valence-electron chi connectivity index (χ0n) is 13.3. The lowest BCUT2D eigenvalue weighted by Gasteiger charge is -2.13. The first-order valence-corrected chi connectivity index (χ1v) is 7.42. The number of rotatable bonds is 6. The molecule has 0 saturated heterocycles. The van der Waals surface area contributed by atoms with E-state index in [0.717, 1.165) is 22.4 Å². The minimum absolute atomic E-state index is 0.00345. The number of ether oxygens (including phenoxy) is 1. The highest BCUT2D eigenvalue weighted by atomic mass is 16.5. The summed E-state index contributed by atoms with van der Waals surface area (Å²) in [5.41, 5.74) is 3.11. The van der Waals surface area contributed by atoms with Gasteiger partial charge in [0.15, 0.2) is 0 Å². The van der Waals surface area contributed by atoms with Gasteiger partial charge in [-0.15, -0.1) is 0 Å². The van der Waals surface area contributed by atoms with Crippen LogP contribution in [0.15, 0.2) is 42.7 Å². The molecule has 22 heavy (non-hydrogen) atoms. The van der Waals surface area contributed by atoms with Crippen molar-refractivity contribution in [3.8, 4) is 5.75 Å². The Bertz CT molecular complexity index is 624. The van der Waals surface area contributed by atoms with Crippen molar-refractivity contribution in [2.45, 2.75) is 32.7 Å². The van der Waals surface area contributed by atoms with Crippen LogP contribution in [0.3, 0.4) is 0 Å². The van der Waals surface area contributed by atoms with Gasteiger partial charge in [-0.2, -0.15) is 0 Å². The number of methoxy groups -OCH3 is 1. The number of carbonyl (C=O) groups excluding carboxylic acids is 1. The highest BCUT2D eigenvalue weighted by molar-refractivity contribution is 5.78. The van der Waals surface area contributed by atoms with Crippen molar-refractivity contribution in [1.82, 2.24) is 10.3 Å². The van der Waals surface area contributed by atoms with E-state index in [1.165, 1.54) is 0 Å². The third-order valence-electron chi connectivity index (χ3n) is 3.49. The molecule has 0 radical (unpaired) electrons. The van der Waals surface area contributed by atoms with Gasteiger partial charge in [-0.05, 0) is 34.7 Å². The zero-order chi connectivity index (χ0) is 15.9. The van der Waals surface area contributed by atoms with Gasteiger partial charge in [-0.1, -0.05) is 32.0 Å². The normalized spacial score (nSPS) is 10.5. The van der Waals surface area contributed by atoms with E-state index in [1.807, 2.05) is 30.3 Å². The maximum absolute atomic E-state index is 12.1. The van der Waals surface area contributed by atoms with Gasteiger partial charge in [0.2, 0.25) is 5.91 Å². The first-order chi connectivity index (χ1) is 10.6. The first-order valence-electron chi connectivity index (χ1n) is 7.42. The molecule has 0 aliphatic heterocycles. The summed E-state index contributed by atoms with van der Waals surface area (Å²) in [6.45, 7) is 4.73. The van der Waals surface area contributed by atoms with Gasteiger partial charge in [0.05, 0.1) is 13.5 Å². The van der Waals surface area contributed by atoms with Gasteiger partial charge in [0.25, 0.3) is 0 Å². The summed E-state index contributed by atoms with van der Waals surface area (Å²) in [4.78, 5) is 16.1. The van der Waals surface area contributed by atoms with Crippen LogP contribution in [-0.4, -0.2) is 18.0 Å². The van der Waals surface area contributed by atoms with Gasteiger partial charge in [-0.3, -0.25) is 9.78 Å². The SMILES string of the molecule is COc1ccc(CC(=O)NCc2cccnc2)cc1C(C)C. The second-order valence-corrected chi connectivity index (χ2v) is 5.55. The number of aromatic nitrogens is 1. The third-order valence-corrected chi connectivity index (χ3v) is 3.49. The van der Waals surface area contributed by atoms with E-state index in [9.17, 15) is 4.79 Å². The molecule has 0 aliphatic carbocycles. The van der Waals surface area contributed by atoms with Crippen LogP contribution in [0.5, 0.6) is 5.75 Å². The Morgan fingerprint density at radius 2 is 2.09 bits per heavy atom. The summed E-state index contributed by atoms with van der Waals surface area (Å²) in [6.07, 6.45) is 3.84. The molecule has 1 N–H and O–H groups in total. The summed E-state index contributed by atoms with van der Waals surface area (Å²) >= 11 is 0. The molecule has 4 nitrogen and oxygen atoms in total. The molecule has 1 heterocycles. The number of carbonyl (C=O) groups is 1. The van der Waals surface area contributed by atoms with Gasteiger partial charge in [-0.25, -0.2) is 0 Å². The summed E-state index contributed by atoms with van der Waals surface area (Å²) in [7, 11) is 1.67. The molecule has 0 unspecified atom stereocenters. The first kappa shape index (κ1) is 16.0. The van der Waals surface area contributed by atoms with E-state index < -0.39 is 0 Å². The Hall–Kier alpha value is -2.36. The van der Waals surface area contributed by atoms with Gasteiger partial charge >= 0.3 is 0 Å². The smallest absolute Gasteiger partial charge is 0.224 e. The molecule has 0 fully saturated rings. The fourth-order valence-corrected chi connectivity index (χ4v) is 2.30. The Morgan fingerprint density at radius 1 is 1.27 bits per heavy atom. The fraction of sp³-hybridized carbons (Fsp3) is 0.333. The highest BCUT2D eigenvalue weighted by Gasteiger charge is 2.10. The predicted molar refractivity (Wildman–Crippen MR) is 86.9 cm³/mol. The summed E-state index contributed by atoms with van der Waals surface area (Å²) < 4.78 is 5.36. The standard InChI is InChI=1S/C18H22N2O2/c1-13(2)16-9-14(6-7-17(16)22-3)10-18(21)20-12-15-5-4-8-19-11-15/h4-9,11,13H,10,12H2,1-3H3,(H,20,21). The second-order valence-electron chi connectivity index (χ2n) is 5.55. The molecule has 2 aromatic rings. The fourth-order valence-electron chi connectivity index (χ4n) is 2.30. The maximum atomic E-state index is 12.1. The molecular formula is C18H22N2O2. The van der Waals surface area contributed by atoms with E-state index in [-0.39, 0.29) is 5.91 Å². The summed E-state index contributed by atoms with van der Waals surface area (Å²) in [6, 6.07) is 9.72. The minimum atomic E-state index is 0.00345. The Labute approximate surface area is 131 Å². The van der Waals surface area contributed by atoms with Crippen LogP contribution < -0.4 is 10.1 Å². The number of nitrogens with zero attached hydrogens (tertiary/aromatic N) is 1. The average Bonchev–Trinajstić information content (AvgIpc) is 2.54. The number of hydrogen-bond acceptors (Lipinski definition) is 3. The van der Waals surface area contributed by atoms with Crippen molar-refractivity contribution in [2.24, 2.45) is 0 Å². The number of amides is 1. The lowest BCUT2D eigenvalue weighted by Crippen LogP contribution is -2.24. The highest BCUT2D eigenvalue weighted by Crippen LogP contribution is 2.27. The monoisotopic (exact) mass is 298 g/mol. The Balaban J connectivity index is 1.98. The average molecular weight is 298 g/mol. The van der Waals surface area contributed by atoms with E-state index >= 15 is 0 Å². The molecular weight excluding hydrogens is 276 g/mol. The largest absolute Gasteiger partial charge is 0.496 e. The summed E-state index contributed by atoms with van der Waals surface area (Å²) in [5.74, 6) is 1.23. The number of pyridine rings is 1. The molecule has 1 aromatic heterocycles. The van der Waals surface area contributed by atoms with Gasteiger partial charge < -0.3 is 10.1 Å². The topological polar surface area (TPSA) is 51.2 Å². The minimum Gasteiger partial charge on any atom is -0.496 e. The lowest BCUT2D eigenvalue weighted by atomic mass is 9.98. The van der Waals surface area contributed by atoms with Crippen molar-refractivity contribution < 1.29 is 9.53 Å². The molecule has 1 amide bonds. The molecule has 1 aromatic carbocycles. The Morgan fingerprint density at radius 3 is 2.73 bits per heavy atom. The second kappa shape index (κ2) is 7.59. The number of benzene rings is 1. The van der Waals surface area contributed by atoms with Crippen LogP contribution in [0.25, 0.3) is 0 Å². The van der Waals surface area contributed by atoms with E-state index in [2.05, 4.69) is 24.1 Å². The predicted octanol–water partition coefficient (Wildman–Crippen LogP) is 3.07. The van der Waals surface area contributed by atoms with Crippen LogP contribution in [0.4, 0.5) is 0 Å². The van der Waals surface area contributed by atoms with Crippen molar-refractivity contribution in [3.63, 3.8) is 0 Å². The van der Waals surface area contributed by atoms with Crippen LogP contribution >= 0.6 is 0 Å². The molecule has 0 spiro atoms. The molecule has 0 atom stereocenters. The molecule has 116 valence electrons. The van der Waals surface area contributed by atoms with Crippen LogP contribution in [0, 0.1) is 0 Å². The van der Waals surface area contributed by atoms with Crippen molar-refractivity contribution in [1.29, 1.82) is 0 Å². The molecule has 4 heteroatoms. The van der Waals surface area contributed by atoms with Crippen LogP contribution in [-0.2, 0) is 17.8 Å². The quantitative estimate of drug-likeness (QED) is 0.891. The Kier molecular flexibility index (Phi) is 5.53. The maximum Gasteiger partial charge on any atom is 0.224 e. The van der Waals surface area contributed by atoms with Gasteiger partial charge in [0.1, 0.15) is 5.75 Å². The van der Waals surface area contributed by atoms with Crippen LogP contribution in [0.1, 0.15) is 36.5 Å². The van der Waals surface area contributed by atoms with E-state index in [1.54, 1.807) is 19.5 Å². The van der Waals surface area contributed by atoms with Crippen molar-refractivity contribution in [3.05, 3.63) is 59.4 Å². The molecule has 0 saturated carbocycles. The van der Waals surface area contributed by atoms with Crippen molar-refractivity contribution in [2.75, 3.05) is 7.11 Å². The van der Waals surface area contributed by atoms with Gasteiger partial charge in [0, 0.05) is 18.9 Å². The molecule has 0 bridgehead atoms. The summed E-state index contributed by atoms with van der Waals surface area (Å²) in [5, 5.41) is 2.91. The van der Waals surface area contributed by atoms with E-state index in [4.69, 9.17) is 4.74 Å². The third kappa shape index (κ3) is 4.32. The molecule has 0 aliphatic rings. The van der Waals surface area contributed by atoms with E-state index in [0.29, 0.717) is 18.9 Å². The zero-order valence-corrected chi connectivity index (χ0v) is 13.3. The lowest BCUT2D eigenvalue weighted by molar-refractivity contribution is -0.120.